The minimum atomic E-state index is 0.965. The van der Waals surface area contributed by atoms with E-state index < -0.39 is 0 Å². The van der Waals surface area contributed by atoms with Gasteiger partial charge in [0.2, 0.25) is 0 Å². The maximum Gasteiger partial charge on any atom is 0.0799 e. The van der Waals surface area contributed by atoms with Crippen LogP contribution in [-0.4, -0.2) is 9.97 Å². The first-order chi connectivity index (χ1) is 7.88. The summed E-state index contributed by atoms with van der Waals surface area (Å²) in [6.45, 7) is 2.12. The smallest absolute Gasteiger partial charge is 0.0799 e. The number of aryl methyl sites for hydroxylation is 1. The lowest BCUT2D eigenvalue weighted by molar-refractivity contribution is 1.06. The van der Waals surface area contributed by atoms with Gasteiger partial charge < -0.3 is 0 Å². The predicted octanol–water partition coefficient (Wildman–Crippen LogP) is 3.35. The molecule has 0 fully saturated rings. The van der Waals surface area contributed by atoms with Gasteiger partial charge in [-0.2, -0.15) is 0 Å². The molecule has 0 bridgehead atoms. The number of aromatic nitrogens is 2. The van der Waals surface area contributed by atoms with E-state index in [2.05, 4.69) is 41.2 Å². The number of nitrogens with zero attached hydrogens (tertiary/aromatic N) is 2. The molecule has 0 amide bonds. The third kappa shape index (κ3) is 1.34. The van der Waals surface area contributed by atoms with Crippen LogP contribution in [-0.2, 0) is 6.42 Å². The van der Waals surface area contributed by atoms with Crippen LogP contribution in [0.4, 0.5) is 0 Å². The van der Waals surface area contributed by atoms with E-state index in [1.54, 1.807) is 0 Å². The molecule has 3 aromatic rings. The molecule has 0 radical (unpaired) electrons. The summed E-state index contributed by atoms with van der Waals surface area (Å²) in [6.07, 6.45) is 2.78. The summed E-state index contributed by atoms with van der Waals surface area (Å²) in [5.41, 5.74) is 3.20. The van der Waals surface area contributed by atoms with Crippen molar-refractivity contribution in [3.63, 3.8) is 0 Å². The second kappa shape index (κ2) is 3.56. The monoisotopic (exact) mass is 208 g/mol. The topological polar surface area (TPSA) is 25.8 Å². The van der Waals surface area contributed by atoms with Crippen LogP contribution in [0.25, 0.3) is 21.8 Å². The second-order valence-corrected chi connectivity index (χ2v) is 3.86. The molecule has 1 aromatic carbocycles. The fraction of sp³-hybridized carbons (Fsp3) is 0.143. The van der Waals surface area contributed by atoms with Crippen molar-refractivity contribution in [2.24, 2.45) is 0 Å². The third-order valence-corrected chi connectivity index (χ3v) is 2.86. The van der Waals surface area contributed by atoms with Crippen molar-refractivity contribution in [2.45, 2.75) is 13.3 Å². The van der Waals surface area contributed by atoms with Gasteiger partial charge in [-0.3, -0.25) is 9.97 Å². The van der Waals surface area contributed by atoms with E-state index >= 15 is 0 Å². The number of fused-ring (bicyclic) bond motifs is 3. The molecular weight excluding hydrogens is 196 g/mol. The van der Waals surface area contributed by atoms with Crippen molar-refractivity contribution in [3.05, 3.63) is 48.3 Å². The fourth-order valence-electron chi connectivity index (χ4n) is 1.98. The van der Waals surface area contributed by atoms with Crippen molar-refractivity contribution in [1.82, 2.24) is 9.97 Å². The highest BCUT2D eigenvalue weighted by atomic mass is 14.7. The number of benzene rings is 1. The Hall–Kier alpha value is -1.96. The largest absolute Gasteiger partial charge is 0.256 e. The Labute approximate surface area is 94.0 Å². The zero-order valence-electron chi connectivity index (χ0n) is 9.14. The van der Waals surface area contributed by atoms with Crippen LogP contribution in [0.5, 0.6) is 0 Å². The van der Waals surface area contributed by atoms with Crippen LogP contribution in [0.15, 0.2) is 42.6 Å². The number of rotatable bonds is 1. The molecule has 0 aliphatic carbocycles. The molecule has 0 aliphatic heterocycles. The maximum absolute atomic E-state index is 4.68. The van der Waals surface area contributed by atoms with Gasteiger partial charge in [0.05, 0.1) is 11.0 Å². The zero-order chi connectivity index (χ0) is 11.0. The molecule has 0 saturated heterocycles. The summed E-state index contributed by atoms with van der Waals surface area (Å²) in [5, 5.41) is 2.31. The highest BCUT2D eigenvalue weighted by Gasteiger charge is 2.02. The highest BCUT2D eigenvalue weighted by molar-refractivity contribution is 6.03. The van der Waals surface area contributed by atoms with Gasteiger partial charge in [-0.25, -0.2) is 0 Å². The standard InChI is InChI=1S/C14H12N2/c1-2-11-7-5-10-6-8-13-12(14(10)16-11)4-3-9-15-13/h3-9H,2H2,1H3. The average molecular weight is 208 g/mol. The molecule has 3 rings (SSSR count). The lowest BCUT2D eigenvalue weighted by atomic mass is 10.1. The van der Waals surface area contributed by atoms with Gasteiger partial charge in [0.1, 0.15) is 0 Å². The molecule has 78 valence electrons. The number of hydrogen-bond donors (Lipinski definition) is 0. The molecule has 0 saturated carbocycles. The molecule has 2 heteroatoms. The van der Waals surface area contributed by atoms with Crippen LogP contribution in [0.2, 0.25) is 0 Å². The van der Waals surface area contributed by atoms with Gasteiger partial charge in [-0.05, 0) is 30.7 Å². The molecule has 2 aromatic heterocycles. The van der Waals surface area contributed by atoms with Crippen molar-refractivity contribution in [1.29, 1.82) is 0 Å². The third-order valence-electron chi connectivity index (χ3n) is 2.86. The van der Waals surface area contributed by atoms with E-state index in [0.29, 0.717) is 0 Å². The first-order valence-corrected chi connectivity index (χ1v) is 5.52. The molecular formula is C14H12N2. The van der Waals surface area contributed by atoms with Crippen molar-refractivity contribution in [2.75, 3.05) is 0 Å². The Morgan fingerprint density at radius 2 is 1.94 bits per heavy atom. The quantitative estimate of drug-likeness (QED) is 0.573. The Morgan fingerprint density at radius 3 is 2.81 bits per heavy atom. The van der Waals surface area contributed by atoms with E-state index in [4.69, 9.17) is 0 Å². The van der Waals surface area contributed by atoms with Gasteiger partial charge in [0.15, 0.2) is 0 Å². The first kappa shape index (κ1) is 9.28. The molecule has 16 heavy (non-hydrogen) atoms. The van der Waals surface area contributed by atoms with Gasteiger partial charge in [-0.15, -0.1) is 0 Å². The van der Waals surface area contributed by atoms with E-state index in [-0.39, 0.29) is 0 Å². The van der Waals surface area contributed by atoms with Crippen molar-refractivity contribution >= 4 is 21.8 Å². The molecule has 0 atom stereocenters. The van der Waals surface area contributed by atoms with E-state index in [1.807, 2.05) is 18.3 Å². The summed E-state index contributed by atoms with van der Waals surface area (Å²) in [4.78, 5) is 9.03. The second-order valence-electron chi connectivity index (χ2n) is 3.86. The van der Waals surface area contributed by atoms with Crippen molar-refractivity contribution in [3.8, 4) is 0 Å². The molecule has 0 spiro atoms. The summed E-state index contributed by atoms with van der Waals surface area (Å²) >= 11 is 0. The Kier molecular flexibility index (Phi) is 2.07. The molecule has 0 N–H and O–H groups in total. The molecule has 0 aliphatic rings. The minimum absolute atomic E-state index is 0.965. The molecule has 2 nitrogen and oxygen atoms in total. The number of pyridine rings is 2. The lowest BCUT2D eigenvalue weighted by Gasteiger charge is -2.03. The Balaban J connectivity index is 2.47. The predicted molar refractivity (Wildman–Crippen MR) is 66.4 cm³/mol. The van der Waals surface area contributed by atoms with E-state index in [1.165, 1.54) is 5.39 Å². The van der Waals surface area contributed by atoms with Gasteiger partial charge >= 0.3 is 0 Å². The van der Waals surface area contributed by atoms with Gasteiger partial charge in [0.25, 0.3) is 0 Å². The van der Waals surface area contributed by atoms with Gasteiger partial charge in [-0.1, -0.05) is 19.1 Å². The fourth-order valence-corrected chi connectivity index (χ4v) is 1.98. The van der Waals surface area contributed by atoms with Crippen LogP contribution in [0.3, 0.4) is 0 Å². The minimum Gasteiger partial charge on any atom is -0.256 e. The van der Waals surface area contributed by atoms with Crippen LogP contribution < -0.4 is 0 Å². The maximum atomic E-state index is 4.68. The van der Waals surface area contributed by atoms with E-state index in [9.17, 15) is 0 Å². The Morgan fingerprint density at radius 1 is 1.06 bits per heavy atom. The lowest BCUT2D eigenvalue weighted by Crippen LogP contribution is -1.89. The first-order valence-electron chi connectivity index (χ1n) is 5.52. The Bertz CT molecular complexity index is 659. The zero-order valence-corrected chi connectivity index (χ0v) is 9.14. The van der Waals surface area contributed by atoms with Gasteiger partial charge in [0, 0.05) is 22.7 Å². The van der Waals surface area contributed by atoms with Crippen molar-refractivity contribution < 1.29 is 0 Å². The highest BCUT2D eigenvalue weighted by Crippen LogP contribution is 2.22. The summed E-state index contributed by atoms with van der Waals surface area (Å²) in [5.74, 6) is 0. The summed E-state index contributed by atoms with van der Waals surface area (Å²) < 4.78 is 0. The van der Waals surface area contributed by atoms with Crippen LogP contribution in [0, 0.1) is 0 Å². The van der Waals surface area contributed by atoms with E-state index in [0.717, 1.165) is 28.5 Å². The summed E-state index contributed by atoms with van der Waals surface area (Å²) in [7, 11) is 0. The normalized spacial score (nSPS) is 11.1. The summed E-state index contributed by atoms with van der Waals surface area (Å²) in [6, 6.07) is 12.4. The van der Waals surface area contributed by atoms with Crippen LogP contribution in [0.1, 0.15) is 12.6 Å². The molecule has 0 unspecified atom stereocenters. The average Bonchev–Trinajstić information content (AvgIpc) is 2.38. The number of hydrogen-bond acceptors (Lipinski definition) is 2. The van der Waals surface area contributed by atoms with Crippen LogP contribution >= 0.6 is 0 Å². The SMILES string of the molecule is CCc1ccc2ccc3ncccc3c2n1. The molecule has 2 heterocycles.